The third kappa shape index (κ3) is 9.51. The van der Waals surface area contributed by atoms with E-state index in [1.165, 1.54) is 7.05 Å². The highest BCUT2D eigenvalue weighted by atomic mass is 16.5. The van der Waals surface area contributed by atoms with Gasteiger partial charge >= 0.3 is 6.09 Å². The first-order valence-electron chi connectivity index (χ1n) is 10.6. The zero-order valence-corrected chi connectivity index (χ0v) is 17.3. The smallest absolute Gasteiger partial charge is 0.406 e. The minimum atomic E-state index is -0.660. The Balaban J connectivity index is 2.36. The van der Waals surface area contributed by atoms with Gasteiger partial charge in [-0.15, -0.1) is 0 Å². The predicted octanol–water partition coefficient (Wildman–Crippen LogP) is 3.52. The molecule has 0 aromatic heterocycles. The SMILES string of the molecule is CCCCC[C@H](O)C=C[C@H]1[C@H](O)CC(=O)[C@@H]1CC=CCCCCOC(=O)NC. The molecule has 0 aromatic carbocycles. The molecule has 6 heteroatoms. The van der Waals surface area contributed by atoms with Crippen molar-refractivity contribution in [1.29, 1.82) is 0 Å². The van der Waals surface area contributed by atoms with Crippen LogP contribution in [0.5, 0.6) is 0 Å². The first-order valence-corrected chi connectivity index (χ1v) is 10.6. The lowest BCUT2D eigenvalue weighted by molar-refractivity contribution is -0.121. The average molecular weight is 396 g/mol. The molecule has 160 valence electrons. The summed E-state index contributed by atoms with van der Waals surface area (Å²) in [5.41, 5.74) is 0. The van der Waals surface area contributed by atoms with Crippen LogP contribution in [0.25, 0.3) is 0 Å². The fraction of sp³-hybridized carbons (Fsp3) is 0.727. The maximum atomic E-state index is 12.2. The highest BCUT2D eigenvalue weighted by Gasteiger charge is 2.39. The maximum Gasteiger partial charge on any atom is 0.406 e. The summed E-state index contributed by atoms with van der Waals surface area (Å²) in [4.78, 5) is 23.1. The van der Waals surface area contributed by atoms with Crippen molar-refractivity contribution >= 4 is 11.9 Å². The highest BCUT2D eigenvalue weighted by Crippen LogP contribution is 2.33. The molecular formula is C22H37NO5. The fourth-order valence-electron chi connectivity index (χ4n) is 3.45. The number of alkyl carbamates (subject to hydrolysis) is 1. The van der Waals surface area contributed by atoms with E-state index in [1.54, 1.807) is 6.08 Å². The van der Waals surface area contributed by atoms with Crippen LogP contribution in [0.4, 0.5) is 4.79 Å². The number of ether oxygens (including phenoxy) is 1. The molecule has 1 aliphatic carbocycles. The number of carbonyl (C=O) groups excluding carboxylic acids is 2. The summed E-state index contributed by atoms with van der Waals surface area (Å²) >= 11 is 0. The van der Waals surface area contributed by atoms with Crippen LogP contribution in [-0.2, 0) is 9.53 Å². The first-order chi connectivity index (χ1) is 13.5. The van der Waals surface area contributed by atoms with Gasteiger partial charge in [0, 0.05) is 25.3 Å². The van der Waals surface area contributed by atoms with Gasteiger partial charge < -0.3 is 20.3 Å². The topological polar surface area (TPSA) is 95.9 Å². The largest absolute Gasteiger partial charge is 0.450 e. The van der Waals surface area contributed by atoms with Gasteiger partial charge in [0.25, 0.3) is 0 Å². The van der Waals surface area contributed by atoms with Crippen molar-refractivity contribution in [1.82, 2.24) is 5.32 Å². The van der Waals surface area contributed by atoms with Gasteiger partial charge in [-0.3, -0.25) is 4.79 Å². The highest BCUT2D eigenvalue weighted by molar-refractivity contribution is 5.84. The molecule has 3 N–H and O–H groups in total. The number of aliphatic hydroxyl groups is 2. The summed E-state index contributed by atoms with van der Waals surface area (Å²) in [6.45, 7) is 2.52. The van der Waals surface area contributed by atoms with Gasteiger partial charge in [0.1, 0.15) is 5.78 Å². The molecule has 6 nitrogen and oxygen atoms in total. The number of nitrogens with one attached hydrogen (secondary N) is 1. The second-order valence-corrected chi connectivity index (χ2v) is 7.46. The molecule has 0 spiro atoms. The molecule has 0 radical (unpaired) electrons. The molecule has 1 aliphatic rings. The van der Waals surface area contributed by atoms with E-state index >= 15 is 0 Å². The van der Waals surface area contributed by atoms with Crippen LogP contribution < -0.4 is 5.32 Å². The molecule has 0 saturated heterocycles. The number of hydrogen-bond donors (Lipinski definition) is 3. The van der Waals surface area contributed by atoms with Gasteiger partial charge in [-0.1, -0.05) is 50.5 Å². The lowest BCUT2D eigenvalue weighted by Gasteiger charge is -2.16. The number of Topliss-reactive ketones (excluding diaryl/α,β-unsaturated/α-hetero) is 1. The van der Waals surface area contributed by atoms with Crippen LogP contribution in [-0.4, -0.2) is 48.0 Å². The second-order valence-electron chi connectivity index (χ2n) is 7.46. The average Bonchev–Trinajstić information content (AvgIpc) is 2.94. The van der Waals surface area contributed by atoms with Gasteiger partial charge in [-0.05, 0) is 32.1 Å². The van der Waals surface area contributed by atoms with E-state index < -0.39 is 18.3 Å². The Labute approximate surface area is 169 Å². The molecular weight excluding hydrogens is 358 g/mol. The number of allylic oxidation sites excluding steroid dienone is 2. The second kappa shape index (κ2) is 14.4. The van der Waals surface area contributed by atoms with Crippen LogP contribution in [0, 0.1) is 11.8 Å². The molecule has 0 bridgehead atoms. The van der Waals surface area contributed by atoms with Gasteiger partial charge in [0.05, 0.1) is 18.8 Å². The standard InChI is InChI=1S/C22H37NO5/c1-3-4-8-11-17(24)13-14-19-18(20(25)16-21(19)26)12-9-6-5-7-10-15-28-22(27)23-2/h6,9,13-14,17-19,21,24,26H,3-5,7-8,10-12,15-16H2,1-2H3,(H,23,27)/t17-,18+,19+,21+/m0/s1. The molecule has 0 unspecified atom stereocenters. The number of rotatable bonds is 13. The van der Waals surface area contributed by atoms with Crippen LogP contribution in [0.1, 0.15) is 64.7 Å². The summed E-state index contributed by atoms with van der Waals surface area (Å²) in [6.07, 6.45) is 13.3. The molecule has 28 heavy (non-hydrogen) atoms. The number of hydrogen-bond acceptors (Lipinski definition) is 5. The van der Waals surface area contributed by atoms with Crippen molar-refractivity contribution in [3.63, 3.8) is 0 Å². The monoisotopic (exact) mass is 395 g/mol. The number of ketones is 1. The van der Waals surface area contributed by atoms with Crippen molar-refractivity contribution in [3.8, 4) is 0 Å². The molecule has 1 fully saturated rings. The Bertz CT molecular complexity index is 517. The minimum absolute atomic E-state index is 0.0891. The number of carbonyl (C=O) groups is 2. The van der Waals surface area contributed by atoms with Crippen LogP contribution >= 0.6 is 0 Å². The number of unbranched alkanes of at least 4 members (excludes halogenated alkanes) is 4. The third-order valence-corrected chi connectivity index (χ3v) is 5.15. The molecule has 0 aromatic rings. The molecule has 1 rings (SSSR count). The van der Waals surface area contributed by atoms with E-state index in [-0.39, 0.29) is 24.0 Å². The molecule has 0 aliphatic heterocycles. The van der Waals surface area contributed by atoms with E-state index in [0.29, 0.717) is 13.0 Å². The summed E-state index contributed by atoms with van der Waals surface area (Å²) in [6, 6.07) is 0. The van der Waals surface area contributed by atoms with Crippen LogP contribution in [0.3, 0.4) is 0 Å². The molecule has 1 saturated carbocycles. The minimum Gasteiger partial charge on any atom is -0.450 e. The van der Waals surface area contributed by atoms with Crippen molar-refractivity contribution in [2.24, 2.45) is 11.8 Å². The molecule has 1 amide bonds. The first kappa shape index (κ1) is 24.4. The zero-order valence-electron chi connectivity index (χ0n) is 17.3. The van der Waals surface area contributed by atoms with Crippen molar-refractivity contribution in [3.05, 3.63) is 24.3 Å². The third-order valence-electron chi connectivity index (χ3n) is 5.15. The molecule has 4 atom stereocenters. The van der Waals surface area contributed by atoms with E-state index in [4.69, 9.17) is 4.74 Å². The van der Waals surface area contributed by atoms with Crippen LogP contribution in [0.2, 0.25) is 0 Å². The summed E-state index contributed by atoms with van der Waals surface area (Å²) < 4.78 is 4.92. The fourth-order valence-corrected chi connectivity index (χ4v) is 3.45. The van der Waals surface area contributed by atoms with Crippen molar-refractivity contribution in [2.45, 2.75) is 76.9 Å². The van der Waals surface area contributed by atoms with E-state index in [9.17, 15) is 19.8 Å². The van der Waals surface area contributed by atoms with E-state index in [0.717, 1.165) is 44.9 Å². The lowest BCUT2D eigenvalue weighted by atomic mass is 9.90. The summed E-state index contributed by atoms with van der Waals surface area (Å²) in [7, 11) is 1.53. The van der Waals surface area contributed by atoms with Crippen molar-refractivity contribution in [2.75, 3.05) is 13.7 Å². The van der Waals surface area contributed by atoms with Crippen LogP contribution in [0.15, 0.2) is 24.3 Å². The van der Waals surface area contributed by atoms with Gasteiger partial charge in [-0.2, -0.15) is 0 Å². The van der Waals surface area contributed by atoms with E-state index in [1.807, 2.05) is 18.2 Å². The Morgan fingerprint density at radius 2 is 2.07 bits per heavy atom. The Kier molecular flexibility index (Phi) is 12.5. The summed E-state index contributed by atoms with van der Waals surface area (Å²) in [5, 5.41) is 22.6. The Morgan fingerprint density at radius 3 is 2.79 bits per heavy atom. The summed E-state index contributed by atoms with van der Waals surface area (Å²) in [5.74, 6) is -0.355. The molecule has 0 heterocycles. The van der Waals surface area contributed by atoms with Gasteiger partial charge in [0.15, 0.2) is 0 Å². The number of amides is 1. The maximum absolute atomic E-state index is 12.2. The Morgan fingerprint density at radius 1 is 1.29 bits per heavy atom. The normalized spacial score (nSPS) is 23.6. The lowest BCUT2D eigenvalue weighted by Crippen LogP contribution is -2.19. The number of aliphatic hydroxyl groups excluding tert-OH is 2. The Hall–Kier alpha value is -1.66. The van der Waals surface area contributed by atoms with Crippen molar-refractivity contribution < 1.29 is 24.5 Å². The van der Waals surface area contributed by atoms with Gasteiger partial charge in [0.2, 0.25) is 0 Å². The van der Waals surface area contributed by atoms with E-state index in [2.05, 4.69) is 12.2 Å². The van der Waals surface area contributed by atoms with Gasteiger partial charge in [-0.25, -0.2) is 4.79 Å². The zero-order chi connectivity index (χ0) is 20.8. The quantitative estimate of drug-likeness (QED) is 0.327. The predicted molar refractivity (Wildman–Crippen MR) is 110 cm³/mol.